The molecule has 2 aromatic rings. The van der Waals surface area contributed by atoms with Gasteiger partial charge in [0.25, 0.3) is 0 Å². The molecule has 21 heavy (non-hydrogen) atoms. The highest BCUT2D eigenvalue weighted by Gasteiger charge is 2.27. The molecule has 1 N–H and O–H groups in total. The quantitative estimate of drug-likeness (QED) is 0.655. The summed E-state index contributed by atoms with van der Waals surface area (Å²) < 4.78 is 3.10. The van der Waals surface area contributed by atoms with E-state index >= 15 is 0 Å². The van der Waals surface area contributed by atoms with Gasteiger partial charge in [0.1, 0.15) is 0 Å². The van der Waals surface area contributed by atoms with E-state index in [1.165, 1.54) is 16.7 Å². The zero-order valence-electron chi connectivity index (χ0n) is 13.2. The number of H-pyrrole nitrogens is 1. The predicted molar refractivity (Wildman–Crippen MR) is 91.1 cm³/mol. The topological polar surface area (TPSA) is 24.0 Å². The number of imidazole rings is 1. The fourth-order valence-electron chi connectivity index (χ4n) is 3.31. The Morgan fingerprint density at radius 3 is 2.86 bits per heavy atom. The number of nitrogens with zero attached hydrogens (tertiary/aromatic N) is 2. The summed E-state index contributed by atoms with van der Waals surface area (Å²) in [4.78, 5) is 5.90. The summed E-state index contributed by atoms with van der Waals surface area (Å²) in [5.74, 6) is 0. The summed E-state index contributed by atoms with van der Waals surface area (Å²) in [7, 11) is 0. The number of rotatable bonds is 2. The molecule has 0 unspecified atom stereocenters. The number of benzene rings is 1. The highest BCUT2D eigenvalue weighted by molar-refractivity contribution is 7.71. The Hall–Kier alpha value is -1.39. The molecule has 0 spiro atoms. The molecular weight excluding hydrogens is 278 g/mol. The SMILES string of the molecule is CC(C)=CCN1[C@@H](C)Cn2c(=S)[nH]c3cccc(c32)[C@@H]1C. The van der Waals surface area contributed by atoms with Gasteiger partial charge in [-0.15, -0.1) is 0 Å². The number of aromatic nitrogens is 2. The van der Waals surface area contributed by atoms with Crippen molar-refractivity contribution >= 4 is 23.3 Å². The van der Waals surface area contributed by atoms with Crippen LogP contribution < -0.4 is 0 Å². The van der Waals surface area contributed by atoms with Gasteiger partial charge in [0, 0.05) is 25.2 Å². The molecule has 1 aliphatic heterocycles. The van der Waals surface area contributed by atoms with Crippen LogP contribution in [0.25, 0.3) is 11.0 Å². The highest BCUT2D eigenvalue weighted by Crippen LogP contribution is 2.33. The molecule has 1 aliphatic rings. The molecule has 1 aromatic heterocycles. The minimum atomic E-state index is 0.387. The molecule has 112 valence electrons. The van der Waals surface area contributed by atoms with Gasteiger partial charge in [-0.2, -0.15) is 0 Å². The standard InChI is InChI=1S/C17H23N3S/c1-11(2)8-9-19-12(3)10-20-16-14(13(19)4)6-5-7-15(16)18-17(20)21/h5-8,12-13H,9-10H2,1-4H3,(H,18,21)/t12-,13-/m0/s1. The summed E-state index contributed by atoms with van der Waals surface area (Å²) in [6, 6.07) is 7.32. The van der Waals surface area contributed by atoms with Crippen LogP contribution in [-0.4, -0.2) is 27.0 Å². The molecule has 0 fully saturated rings. The fraction of sp³-hybridized carbons (Fsp3) is 0.471. The third-order valence-electron chi connectivity index (χ3n) is 4.49. The summed E-state index contributed by atoms with van der Waals surface area (Å²) in [5.41, 5.74) is 5.17. The molecule has 3 nitrogen and oxygen atoms in total. The van der Waals surface area contributed by atoms with Gasteiger partial charge in [0.2, 0.25) is 0 Å². The first-order chi connectivity index (χ1) is 9.99. The smallest absolute Gasteiger partial charge is 0.178 e. The van der Waals surface area contributed by atoms with E-state index in [0.29, 0.717) is 12.1 Å². The van der Waals surface area contributed by atoms with Gasteiger partial charge in [-0.3, -0.25) is 4.90 Å². The Labute approximate surface area is 131 Å². The van der Waals surface area contributed by atoms with Gasteiger partial charge in [0.05, 0.1) is 11.0 Å². The molecule has 4 heteroatoms. The van der Waals surface area contributed by atoms with E-state index < -0.39 is 0 Å². The van der Waals surface area contributed by atoms with Crippen LogP contribution >= 0.6 is 12.2 Å². The number of hydrogen-bond donors (Lipinski definition) is 1. The van der Waals surface area contributed by atoms with Crippen molar-refractivity contribution in [3.63, 3.8) is 0 Å². The van der Waals surface area contributed by atoms with E-state index in [1.54, 1.807) is 0 Å². The first-order valence-electron chi connectivity index (χ1n) is 7.59. The van der Waals surface area contributed by atoms with Crippen LogP contribution in [0.3, 0.4) is 0 Å². The molecule has 2 heterocycles. The number of para-hydroxylation sites is 1. The van der Waals surface area contributed by atoms with Crippen LogP contribution in [-0.2, 0) is 6.54 Å². The van der Waals surface area contributed by atoms with E-state index in [0.717, 1.165) is 23.4 Å². The normalized spacial score (nSPS) is 22.3. The van der Waals surface area contributed by atoms with Crippen LogP contribution in [0.5, 0.6) is 0 Å². The maximum absolute atomic E-state index is 5.52. The molecule has 0 bridgehead atoms. The van der Waals surface area contributed by atoms with Gasteiger partial charge in [-0.25, -0.2) is 0 Å². The second kappa shape index (κ2) is 5.43. The zero-order chi connectivity index (χ0) is 15.1. The van der Waals surface area contributed by atoms with Crippen LogP contribution in [0.15, 0.2) is 29.8 Å². The van der Waals surface area contributed by atoms with Crippen LogP contribution in [0, 0.1) is 4.77 Å². The average molecular weight is 301 g/mol. The van der Waals surface area contributed by atoms with E-state index in [2.05, 4.69) is 66.4 Å². The van der Waals surface area contributed by atoms with Gasteiger partial charge < -0.3 is 9.55 Å². The van der Waals surface area contributed by atoms with E-state index in [-0.39, 0.29) is 0 Å². The lowest BCUT2D eigenvalue weighted by atomic mass is 10.0. The average Bonchev–Trinajstić information content (AvgIpc) is 2.68. The molecule has 0 radical (unpaired) electrons. The molecule has 0 saturated carbocycles. The Kier molecular flexibility index (Phi) is 3.76. The minimum absolute atomic E-state index is 0.387. The summed E-state index contributed by atoms with van der Waals surface area (Å²) in [6.45, 7) is 10.8. The predicted octanol–water partition coefficient (Wildman–Crippen LogP) is 4.43. The molecule has 0 amide bonds. The Morgan fingerprint density at radius 1 is 1.38 bits per heavy atom. The van der Waals surface area contributed by atoms with Gasteiger partial charge in [-0.05, 0) is 51.5 Å². The number of allylic oxidation sites excluding steroid dienone is 1. The summed E-state index contributed by atoms with van der Waals surface area (Å²) in [5, 5.41) is 0. The summed E-state index contributed by atoms with van der Waals surface area (Å²) >= 11 is 5.52. The second-order valence-electron chi connectivity index (χ2n) is 6.29. The van der Waals surface area contributed by atoms with Crippen molar-refractivity contribution in [1.82, 2.24) is 14.5 Å². The maximum atomic E-state index is 5.52. The lowest BCUT2D eigenvalue weighted by molar-refractivity contribution is 0.165. The van der Waals surface area contributed by atoms with Crippen molar-refractivity contribution in [3.8, 4) is 0 Å². The van der Waals surface area contributed by atoms with Crippen LogP contribution in [0.1, 0.15) is 39.3 Å². The molecule has 1 aromatic carbocycles. The van der Waals surface area contributed by atoms with Crippen LogP contribution in [0.4, 0.5) is 0 Å². The van der Waals surface area contributed by atoms with Gasteiger partial charge in [0.15, 0.2) is 4.77 Å². The van der Waals surface area contributed by atoms with Crippen molar-refractivity contribution in [2.45, 2.75) is 46.3 Å². The van der Waals surface area contributed by atoms with Crippen molar-refractivity contribution in [2.24, 2.45) is 0 Å². The molecular formula is C17H23N3S. The first kappa shape index (κ1) is 14.5. The number of nitrogens with one attached hydrogen (secondary N) is 1. The molecule has 0 saturated heterocycles. The van der Waals surface area contributed by atoms with Crippen molar-refractivity contribution in [3.05, 3.63) is 40.2 Å². The van der Waals surface area contributed by atoms with E-state index in [1.807, 2.05) is 0 Å². The van der Waals surface area contributed by atoms with E-state index in [9.17, 15) is 0 Å². The molecule has 3 rings (SSSR count). The lowest BCUT2D eigenvalue weighted by Gasteiger charge is -2.32. The summed E-state index contributed by atoms with van der Waals surface area (Å²) in [6.07, 6.45) is 2.31. The second-order valence-corrected chi connectivity index (χ2v) is 6.67. The fourth-order valence-corrected chi connectivity index (χ4v) is 3.59. The monoisotopic (exact) mass is 301 g/mol. The molecule has 2 atom stereocenters. The Morgan fingerprint density at radius 2 is 2.14 bits per heavy atom. The van der Waals surface area contributed by atoms with Crippen molar-refractivity contribution in [2.75, 3.05) is 6.54 Å². The third kappa shape index (κ3) is 2.47. The first-order valence-corrected chi connectivity index (χ1v) is 8.00. The minimum Gasteiger partial charge on any atom is -0.331 e. The van der Waals surface area contributed by atoms with Gasteiger partial charge >= 0.3 is 0 Å². The lowest BCUT2D eigenvalue weighted by Crippen LogP contribution is -2.36. The Balaban J connectivity index is 2.13. The van der Waals surface area contributed by atoms with Gasteiger partial charge in [-0.1, -0.05) is 23.8 Å². The third-order valence-corrected chi connectivity index (χ3v) is 4.82. The number of hydrogen-bond acceptors (Lipinski definition) is 2. The van der Waals surface area contributed by atoms with Crippen LogP contribution in [0.2, 0.25) is 0 Å². The Bertz CT molecular complexity index is 749. The van der Waals surface area contributed by atoms with E-state index in [4.69, 9.17) is 12.2 Å². The molecule has 0 aliphatic carbocycles. The van der Waals surface area contributed by atoms with Crippen molar-refractivity contribution in [1.29, 1.82) is 0 Å². The highest BCUT2D eigenvalue weighted by atomic mass is 32.1. The zero-order valence-corrected chi connectivity index (χ0v) is 14.0. The number of aromatic amines is 1. The van der Waals surface area contributed by atoms with Crippen molar-refractivity contribution < 1.29 is 0 Å². The largest absolute Gasteiger partial charge is 0.331 e. The maximum Gasteiger partial charge on any atom is 0.178 e.